The van der Waals surface area contributed by atoms with E-state index in [1.165, 1.54) is 38.5 Å². The summed E-state index contributed by atoms with van der Waals surface area (Å²) in [6, 6.07) is 8.07. The van der Waals surface area contributed by atoms with Crippen LogP contribution in [-0.4, -0.2) is 37.6 Å². The van der Waals surface area contributed by atoms with E-state index in [1.807, 2.05) is 0 Å². The molecule has 0 fully saturated rings. The number of nitro benzene ring substituents is 1. The molecular formula is C17H15ClN2O7. The second-order valence-electron chi connectivity index (χ2n) is 5.11. The van der Waals surface area contributed by atoms with Gasteiger partial charge in [0.25, 0.3) is 11.6 Å². The summed E-state index contributed by atoms with van der Waals surface area (Å²) in [5.41, 5.74) is -0.0944. The molecule has 2 aromatic rings. The number of methoxy groups -OCH3 is 2. The Bertz CT molecular complexity index is 886. The van der Waals surface area contributed by atoms with E-state index >= 15 is 0 Å². The average molecular weight is 395 g/mol. The maximum atomic E-state index is 12.2. The first-order chi connectivity index (χ1) is 12.8. The molecule has 142 valence electrons. The van der Waals surface area contributed by atoms with Gasteiger partial charge in [0.15, 0.2) is 6.61 Å². The number of hydrogen-bond acceptors (Lipinski definition) is 7. The number of halogens is 1. The Labute approximate surface area is 158 Å². The molecule has 0 aliphatic carbocycles. The van der Waals surface area contributed by atoms with Crippen LogP contribution in [0.1, 0.15) is 10.4 Å². The van der Waals surface area contributed by atoms with E-state index in [4.69, 9.17) is 25.8 Å². The second kappa shape index (κ2) is 8.86. The van der Waals surface area contributed by atoms with Crippen molar-refractivity contribution in [3.05, 3.63) is 57.1 Å². The quantitative estimate of drug-likeness (QED) is 0.435. The normalized spacial score (nSPS) is 10.0. The zero-order chi connectivity index (χ0) is 20.0. The Kier molecular flexibility index (Phi) is 6.56. The number of carbonyl (C=O) groups is 2. The highest BCUT2D eigenvalue weighted by Crippen LogP contribution is 2.27. The second-order valence-corrected chi connectivity index (χ2v) is 5.52. The zero-order valence-electron chi connectivity index (χ0n) is 14.4. The van der Waals surface area contributed by atoms with Crippen LogP contribution in [0.5, 0.6) is 11.5 Å². The number of rotatable bonds is 7. The topological polar surface area (TPSA) is 117 Å². The van der Waals surface area contributed by atoms with Gasteiger partial charge in [0.2, 0.25) is 0 Å². The molecule has 1 amide bonds. The summed E-state index contributed by atoms with van der Waals surface area (Å²) in [6.07, 6.45) is 0. The number of nitrogens with zero attached hydrogens (tertiary/aromatic N) is 1. The number of nitro groups is 1. The lowest BCUT2D eigenvalue weighted by atomic mass is 10.2. The Morgan fingerprint density at radius 2 is 1.89 bits per heavy atom. The van der Waals surface area contributed by atoms with E-state index in [0.717, 1.165) is 6.07 Å². The monoisotopic (exact) mass is 394 g/mol. The molecule has 0 saturated carbocycles. The van der Waals surface area contributed by atoms with Crippen LogP contribution in [0.2, 0.25) is 5.02 Å². The molecule has 27 heavy (non-hydrogen) atoms. The highest BCUT2D eigenvalue weighted by Gasteiger charge is 2.17. The number of anilines is 1. The minimum Gasteiger partial charge on any atom is -0.497 e. The van der Waals surface area contributed by atoms with Crippen molar-refractivity contribution in [3.63, 3.8) is 0 Å². The van der Waals surface area contributed by atoms with E-state index in [1.54, 1.807) is 6.07 Å². The van der Waals surface area contributed by atoms with Crippen molar-refractivity contribution >= 4 is 34.9 Å². The van der Waals surface area contributed by atoms with Crippen LogP contribution in [0.4, 0.5) is 11.4 Å². The Balaban J connectivity index is 2.03. The van der Waals surface area contributed by atoms with Gasteiger partial charge in [-0.1, -0.05) is 11.6 Å². The van der Waals surface area contributed by atoms with Gasteiger partial charge < -0.3 is 19.5 Å². The summed E-state index contributed by atoms with van der Waals surface area (Å²) in [5, 5.41) is 13.3. The maximum absolute atomic E-state index is 12.2. The number of ether oxygens (including phenoxy) is 3. The molecular weight excluding hydrogens is 380 g/mol. The first kappa shape index (κ1) is 20.0. The molecule has 0 aromatic heterocycles. The largest absolute Gasteiger partial charge is 0.497 e. The fourth-order valence-corrected chi connectivity index (χ4v) is 2.25. The first-order valence-corrected chi connectivity index (χ1v) is 7.86. The van der Waals surface area contributed by atoms with Gasteiger partial charge in [-0.25, -0.2) is 4.79 Å². The molecule has 2 rings (SSSR count). The SMILES string of the molecule is COc1ccc(C(=O)OCC(=O)Nc2cc([N+](=O)[O-])ccc2Cl)c(OC)c1. The van der Waals surface area contributed by atoms with E-state index in [0.29, 0.717) is 5.75 Å². The third-order valence-corrected chi connectivity index (χ3v) is 3.73. The summed E-state index contributed by atoms with van der Waals surface area (Å²) in [4.78, 5) is 34.3. The molecule has 0 saturated heterocycles. The summed E-state index contributed by atoms with van der Waals surface area (Å²) in [6.45, 7) is -0.618. The molecule has 10 heteroatoms. The molecule has 0 radical (unpaired) electrons. The number of benzene rings is 2. The molecule has 0 atom stereocenters. The van der Waals surface area contributed by atoms with Crippen molar-refractivity contribution in [2.45, 2.75) is 0 Å². The van der Waals surface area contributed by atoms with Gasteiger partial charge in [0.1, 0.15) is 17.1 Å². The van der Waals surface area contributed by atoms with Crippen molar-refractivity contribution in [1.29, 1.82) is 0 Å². The van der Waals surface area contributed by atoms with Crippen molar-refractivity contribution in [1.82, 2.24) is 0 Å². The summed E-state index contributed by atoms with van der Waals surface area (Å²) in [7, 11) is 2.85. The third-order valence-electron chi connectivity index (χ3n) is 3.40. The summed E-state index contributed by atoms with van der Waals surface area (Å²) in [5.74, 6) is -0.782. The lowest BCUT2D eigenvalue weighted by Gasteiger charge is -2.11. The lowest BCUT2D eigenvalue weighted by Crippen LogP contribution is -2.21. The minimum atomic E-state index is -0.783. The minimum absolute atomic E-state index is 0.0361. The summed E-state index contributed by atoms with van der Waals surface area (Å²) < 4.78 is 15.1. The van der Waals surface area contributed by atoms with Crippen molar-refractivity contribution < 1.29 is 28.7 Å². The van der Waals surface area contributed by atoms with Gasteiger partial charge in [-0.2, -0.15) is 0 Å². The Morgan fingerprint density at radius 1 is 1.15 bits per heavy atom. The molecule has 1 N–H and O–H groups in total. The van der Waals surface area contributed by atoms with Crippen LogP contribution in [0, 0.1) is 10.1 Å². The van der Waals surface area contributed by atoms with Gasteiger partial charge in [0, 0.05) is 18.2 Å². The van der Waals surface area contributed by atoms with E-state index in [9.17, 15) is 19.7 Å². The molecule has 0 bridgehead atoms. The zero-order valence-corrected chi connectivity index (χ0v) is 15.1. The number of amides is 1. The van der Waals surface area contributed by atoms with Crippen LogP contribution in [0.25, 0.3) is 0 Å². The van der Waals surface area contributed by atoms with E-state index in [-0.39, 0.29) is 27.7 Å². The molecule has 0 aliphatic heterocycles. The fourth-order valence-electron chi connectivity index (χ4n) is 2.08. The van der Waals surface area contributed by atoms with E-state index in [2.05, 4.69) is 5.32 Å². The highest BCUT2D eigenvalue weighted by atomic mass is 35.5. The Hall–Kier alpha value is -3.33. The van der Waals surface area contributed by atoms with Gasteiger partial charge in [-0.15, -0.1) is 0 Å². The number of hydrogen-bond donors (Lipinski definition) is 1. The first-order valence-electron chi connectivity index (χ1n) is 7.48. The number of nitrogens with one attached hydrogen (secondary N) is 1. The molecule has 0 spiro atoms. The summed E-state index contributed by atoms with van der Waals surface area (Å²) >= 11 is 5.90. The van der Waals surface area contributed by atoms with Gasteiger partial charge >= 0.3 is 5.97 Å². The van der Waals surface area contributed by atoms with Crippen molar-refractivity contribution in [2.24, 2.45) is 0 Å². The van der Waals surface area contributed by atoms with Crippen LogP contribution in [-0.2, 0) is 9.53 Å². The van der Waals surface area contributed by atoms with Crippen molar-refractivity contribution in [3.8, 4) is 11.5 Å². The average Bonchev–Trinajstić information content (AvgIpc) is 2.67. The number of carbonyl (C=O) groups excluding carboxylic acids is 2. The number of non-ortho nitro benzene ring substituents is 1. The third kappa shape index (κ3) is 5.08. The van der Waals surface area contributed by atoms with Crippen LogP contribution >= 0.6 is 11.6 Å². The van der Waals surface area contributed by atoms with Gasteiger partial charge in [-0.3, -0.25) is 14.9 Å². The molecule has 0 aliphatic rings. The molecule has 0 heterocycles. The maximum Gasteiger partial charge on any atom is 0.342 e. The standard InChI is InChI=1S/C17H15ClN2O7/c1-25-11-4-5-12(15(8-11)26-2)17(22)27-9-16(21)19-14-7-10(20(23)24)3-6-13(14)18/h3-8H,9H2,1-2H3,(H,19,21). The predicted octanol–water partition coefficient (Wildman–Crippen LogP) is 3.06. The highest BCUT2D eigenvalue weighted by molar-refractivity contribution is 6.33. The molecule has 9 nitrogen and oxygen atoms in total. The lowest BCUT2D eigenvalue weighted by molar-refractivity contribution is -0.384. The van der Waals surface area contributed by atoms with E-state index < -0.39 is 23.4 Å². The number of esters is 1. The van der Waals surface area contributed by atoms with Gasteiger partial charge in [-0.05, 0) is 18.2 Å². The van der Waals surface area contributed by atoms with Crippen LogP contribution < -0.4 is 14.8 Å². The van der Waals surface area contributed by atoms with Crippen molar-refractivity contribution in [2.75, 3.05) is 26.1 Å². The van der Waals surface area contributed by atoms with Gasteiger partial charge in [0.05, 0.1) is 29.9 Å². The smallest absolute Gasteiger partial charge is 0.342 e. The predicted molar refractivity (Wildman–Crippen MR) is 96.6 cm³/mol. The molecule has 2 aromatic carbocycles. The fraction of sp³-hybridized carbons (Fsp3) is 0.176. The van der Waals surface area contributed by atoms with Crippen LogP contribution in [0.3, 0.4) is 0 Å². The van der Waals surface area contributed by atoms with Crippen LogP contribution in [0.15, 0.2) is 36.4 Å². The Morgan fingerprint density at radius 3 is 2.52 bits per heavy atom. The molecule has 0 unspecified atom stereocenters.